The molecule has 1 aliphatic rings. The number of halogens is 4. The van der Waals surface area contributed by atoms with E-state index in [1.54, 1.807) is 6.20 Å². The van der Waals surface area contributed by atoms with Gasteiger partial charge in [0.15, 0.2) is 5.69 Å². The summed E-state index contributed by atoms with van der Waals surface area (Å²) in [5, 5.41) is 11.6. The predicted octanol–water partition coefficient (Wildman–Crippen LogP) is 4.31. The SMILES string of the molecule is Cc1cc(-c2nc(-c3ccc(OC(F)(F)F)c(Cl)c3)no2)nn1Cc1ccnc(N2CCNCC2)c1. The van der Waals surface area contributed by atoms with Crippen LogP contribution in [0.1, 0.15) is 11.3 Å². The van der Waals surface area contributed by atoms with E-state index in [0.29, 0.717) is 17.8 Å². The van der Waals surface area contributed by atoms with Crippen molar-refractivity contribution >= 4 is 17.4 Å². The van der Waals surface area contributed by atoms with Crippen LogP contribution in [-0.4, -0.2) is 57.4 Å². The van der Waals surface area contributed by atoms with E-state index in [1.807, 2.05) is 23.7 Å². The van der Waals surface area contributed by atoms with E-state index >= 15 is 0 Å². The Bertz CT molecular complexity index is 1370. The summed E-state index contributed by atoms with van der Waals surface area (Å²) in [5.41, 5.74) is 2.80. The number of ether oxygens (including phenoxy) is 1. The van der Waals surface area contributed by atoms with Crippen molar-refractivity contribution in [1.29, 1.82) is 0 Å². The van der Waals surface area contributed by atoms with Crippen molar-refractivity contribution in [2.45, 2.75) is 19.8 Å². The molecule has 0 atom stereocenters. The fourth-order valence-electron chi connectivity index (χ4n) is 3.87. The summed E-state index contributed by atoms with van der Waals surface area (Å²) < 4.78 is 48.5. The van der Waals surface area contributed by atoms with E-state index in [0.717, 1.165) is 49.3 Å². The van der Waals surface area contributed by atoms with E-state index in [1.165, 1.54) is 12.1 Å². The van der Waals surface area contributed by atoms with Crippen LogP contribution < -0.4 is 15.0 Å². The number of nitrogens with one attached hydrogen (secondary N) is 1. The number of nitrogens with zero attached hydrogens (tertiary/aromatic N) is 6. The zero-order valence-electron chi connectivity index (χ0n) is 19.1. The molecule has 1 aromatic carbocycles. The lowest BCUT2D eigenvalue weighted by Crippen LogP contribution is -2.43. The molecule has 3 aromatic heterocycles. The van der Waals surface area contributed by atoms with Crippen LogP contribution >= 0.6 is 11.6 Å². The molecular weight excluding hydrogens is 499 g/mol. The molecule has 4 heterocycles. The summed E-state index contributed by atoms with van der Waals surface area (Å²) in [5.74, 6) is 0.760. The number of alkyl halides is 3. The van der Waals surface area contributed by atoms with Crippen LogP contribution in [0.3, 0.4) is 0 Å². The van der Waals surface area contributed by atoms with Gasteiger partial charge in [0.05, 0.1) is 11.6 Å². The van der Waals surface area contributed by atoms with Gasteiger partial charge >= 0.3 is 6.36 Å². The molecule has 1 saturated heterocycles. The number of benzene rings is 1. The zero-order valence-corrected chi connectivity index (χ0v) is 19.8. The summed E-state index contributed by atoms with van der Waals surface area (Å²) in [6.45, 7) is 6.12. The highest BCUT2D eigenvalue weighted by Crippen LogP contribution is 2.33. The van der Waals surface area contributed by atoms with Crippen LogP contribution in [0.25, 0.3) is 23.0 Å². The minimum atomic E-state index is -4.84. The second-order valence-electron chi connectivity index (χ2n) is 8.20. The largest absolute Gasteiger partial charge is 0.573 e. The Balaban J connectivity index is 1.32. The summed E-state index contributed by atoms with van der Waals surface area (Å²) in [6, 6.07) is 9.58. The van der Waals surface area contributed by atoms with E-state index in [-0.39, 0.29) is 16.7 Å². The van der Waals surface area contributed by atoms with Crippen LogP contribution in [0, 0.1) is 6.92 Å². The topological polar surface area (TPSA) is 94.1 Å². The highest BCUT2D eigenvalue weighted by atomic mass is 35.5. The predicted molar refractivity (Wildman–Crippen MR) is 126 cm³/mol. The Kier molecular flexibility index (Phi) is 6.54. The first-order chi connectivity index (χ1) is 17.2. The molecule has 0 spiro atoms. The second-order valence-corrected chi connectivity index (χ2v) is 8.61. The molecule has 1 fully saturated rings. The average Bonchev–Trinajstić information content (AvgIpc) is 3.48. The molecule has 0 aliphatic carbocycles. The van der Waals surface area contributed by atoms with Crippen LogP contribution in [0.15, 0.2) is 47.1 Å². The highest BCUT2D eigenvalue weighted by Gasteiger charge is 2.32. The van der Waals surface area contributed by atoms with E-state index in [2.05, 4.69) is 41.2 Å². The monoisotopic (exact) mass is 519 g/mol. The van der Waals surface area contributed by atoms with Gasteiger partial charge in [-0.2, -0.15) is 10.1 Å². The molecular formula is C23H21ClF3N7O2. The Labute approximate surface area is 208 Å². The van der Waals surface area contributed by atoms with Gasteiger partial charge in [-0.1, -0.05) is 16.8 Å². The maximum absolute atomic E-state index is 12.5. The maximum Gasteiger partial charge on any atom is 0.573 e. The third-order valence-corrected chi connectivity index (χ3v) is 5.92. The van der Waals surface area contributed by atoms with Gasteiger partial charge in [-0.15, -0.1) is 13.2 Å². The molecule has 0 radical (unpaired) electrons. The Hall–Kier alpha value is -3.64. The van der Waals surface area contributed by atoms with Crippen LogP contribution in [0.5, 0.6) is 5.75 Å². The molecule has 1 aliphatic heterocycles. The molecule has 188 valence electrons. The number of hydrogen-bond acceptors (Lipinski definition) is 8. The van der Waals surface area contributed by atoms with E-state index in [4.69, 9.17) is 16.1 Å². The molecule has 0 saturated carbocycles. The van der Waals surface area contributed by atoms with Gasteiger partial charge in [0.2, 0.25) is 5.82 Å². The van der Waals surface area contributed by atoms with Gasteiger partial charge in [0.25, 0.3) is 5.89 Å². The van der Waals surface area contributed by atoms with Crippen molar-refractivity contribution in [3.8, 4) is 28.7 Å². The highest BCUT2D eigenvalue weighted by molar-refractivity contribution is 6.32. The lowest BCUT2D eigenvalue weighted by atomic mass is 10.2. The summed E-state index contributed by atoms with van der Waals surface area (Å²) >= 11 is 5.93. The molecule has 1 N–H and O–H groups in total. The fraction of sp³-hybridized carbons (Fsp3) is 0.304. The van der Waals surface area contributed by atoms with Gasteiger partial charge in [-0.05, 0) is 48.9 Å². The van der Waals surface area contributed by atoms with Crippen molar-refractivity contribution in [2.24, 2.45) is 0 Å². The third kappa shape index (κ3) is 5.44. The smallest absolute Gasteiger partial charge is 0.404 e. The standard InChI is InChI=1S/C23H21ClF3N7O2/c1-14-10-18(31-34(14)13-15-4-5-29-20(11-15)33-8-6-28-7-9-33)22-30-21(32-36-22)16-2-3-19(17(24)12-16)35-23(25,26)27/h2-5,10-12,28H,6-9,13H2,1H3. The normalized spacial score (nSPS) is 14.3. The van der Waals surface area contributed by atoms with Gasteiger partial charge < -0.3 is 19.5 Å². The minimum absolute atomic E-state index is 0.160. The third-order valence-electron chi connectivity index (χ3n) is 5.63. The van der Waals surface area contributed by atoms with Crippen LogP contribution in [0.4, 0.5) is 19.0 Å². The molecule has 5 rings (SSSR count). The summed E-state index contributed by atoms with van der Waals surface area (Å²) in [7, 11) is 0. The quantitative estimate of drug-likeness (QED) is 0.403. The van der Waals surface area contributed by atoms with Crippen LogP contribution in [0.2, 0.25) is 5.02 Å². The van der Waals surface area contributed by atoms with E-state index in [9.17, 15) is 13.2 Å². The molecule has 13 heteroatoms. The number of aryl methyl sites for hydroxylation is 1. The first-order valence-electron chi connectivity index (χ1n) is 11.1. The second kappa shape index (κ2) is 9.78. The first kappa shape index (κ1) is 24.1. The molecule has 0 bridgehead atoms. The zero-order chi connectivity index (χ0) is 25.3. The van der Waals surface area contributed by atoms with Gasteiger partial charge in [-0.25, -0.2) is 4.98 Å². The number of hydrogen-bond donors (Lipinski definition) is 1. The lowest BCUT2D eigenvalue weighted by Gasteiger charge is -2.28. The summed E-state index contributed by atoms with van der Waals surface area (Å²) in [4.78, 5) is 11.1. The number of aromatic nitrogens is 5. The average molecular weight is 520 g/mol. The van der Waals surface area contributed by atoms with Crippen molar-refractivity contribution in [3.63, 3.8) is 0 Å². The van der Waals surface area contributed by atoms with Gasteiger partial charge in [-0.3, -0.25) is 4.68 Å². The van der Waals surface area contributed by atoms with Crippen molar-refractivity contribution < 1.29 is 22.4 Å². The molecule has 0 amide bonds. The number of anilines is 1. The van der Waals surface area contributed by atoms with Gasteiger partial charge in [0.1, 0.15) is 11.6 Å². The number of piperazine rings is 1. The Morgan fingerprint density at radius 2 is 1.94 bits per heavy atom. The van der Waals surface area contributed by atoms with Crippen LogP contribution in [-0.2, 0) is 6.54 Å². The molecule has 36 heavy (non-hydrogen) atoms. The molecule has 9 nitrogen and oxygen atoms in total. The summed E-state index contributed by atoms with van der Waals surface area (Å²) in [6.07, 6.45) is -3.04. The Morgan fingerprint density at radius 1 is 1.14 bits per heavy atom. The van der Waals surface area contributed by atoms with Crippen molar-refractivity contribution in [2.75, 3.05) is 31.1 Å². The molecule has 0 unspecified atom stereocenters. The van der Waals surface area contributed by atoms with E-state index < -0.39 is 12.1 Å². The van der Waals surface area contributed by atoms with Crippen molar-refractivity contribution in [3.05, 3.63) is 58.9 Å². The first-order valence-corrected chi connectivity index (χ1v) is 11.5. The molecule has 4 aromatic rings. The van der Waals surface area contributed by atoms with Gasteiger partial charge in [0, 0.05) is 43.6 Å². The maximum atomic E-state index is 12.5. The number of pyridine rings is 1. The lowest BCUT2D eigenvalue weighted by molar-refractivity contribution is -0.274. The minimum Gasteiger partial charge on any atom is -0.404 e. The fourth-order valence-corrected chi connectivity index (χ4v) is 4.08. The van der Waals surface area contributed by atoms with Crippen molar-refractivity contribution in [1.82, 2.24) is 30.2 Å². The Morgan fingerprint density at radius 3 is 2.69 bits per heavy atom. The number of rotatable bonds is 6.